The van der Waals surface area contributed by atoms with E-state index in [-0.39, 0.29) is 5.91 Å². The van der Waals surface area contributed by atoms with Gasteiger partial charge >= 0.3 is 0 Å². The molecule has 0 radical (unpaired) electrons. The number of hydrogen-bond donors (Lipinski definition) is 0. The lowest BCUT2D eigenvalue weighted by Gasteiger charge is -2.17. The maximum atomic E-state index is 12.3. The molecule has 1 aromatic rings. The van der Waals surface area contributed by atoms with Crippen molar-refractivity contribution in [2.24, 2.45) is 11.8 Å². The molecular weight excluding hydrogens is 232 g/mol. The fraction of sp³-hybridized carbons (Fsp3) is 0.692. The lowest BCUT2D eigenvalue weighted by molar-refractivity contribution is 0.0703. The minimum Gasteiger partial charge on any atom is -0.438 e. The Morgan fingerprint density at radius 2 is 2.11 bits per heavy atom. The van der Waals surface area contributed by atoms with Gasteiger partial charge in [0.15, 0.2) is 6.39 Å². The molecule has 1 unspecified atom stereocenters. The number of fused-ring (bicyclic) bond motifs is 1. The van der Waals surface area contributed by atoms with Gasteiger partial charge in [0.2, 0.25) is 5.76 Å². The molecule has 1 aliphatic carbocycles. The van der Waals surface area contributed by atoms with Gasteiger partial charge in [0, 0.05) is 20.2 Å². The summed E-state index contributed by atoms with van der Waals surface area (Å²) in [6.07, 6.45) is 3.85. The van der Waals surface area contributed by atoms with Crippen LogP contribution in [0.5, 0.6) is 0 Å². The van der Waals surface area contributed by atoms with Crippen molar-refractivity contribution in [2.75, 3.05) is 20.2 Å². The van der Waals surface area contributed by atoms with Crippen molar-refractivity contribution in [3.63, 3.8) is 0 Å². The summed E-state index contributed by atoms with van der Waals surface area (Å²) >= 11 is 0. The molecule has 0 aromatic carbocycles. The van der Waals surface area contributed by atoms with Gasteiger partial charge in [0.05, 0.1) is 11.8 Å². The fourth-order valence-electron chi connectivity index (χ4n) is 3.25. The van der Waals surface area contributed by atoms with Crippen molar-refractivity contribution in [1.29, 1.82) is 0 Å². The molecule has 3 rings (SSSR count). The smallest absolute Gasteiger partial charge is 0.291 e. The summed E-state index contributed by atoms with van der Waals surface area (Å²) in [6, 6.07) is 0. The summed E-state index contributed by atoms with van der Waals surface area (Å²) in [5.74, 6) is 1.54. The minimum absolute atomic E-state index is 0.0200. The Bertz CT molecular complexity index is 443. The molecule has 2 heterocycles. The zero-order valence-corrected chi connectivity index (χ0v) is 10.8. The Balaban J connectivity index is 1.68. The van der Waals surface area contributed by atoms with Gasteiger partial charge in [-0.3, -0.25) is 4.79 Å². The van der Waals surface area contributed by atoms with Gasteiger partial charge in [-0.2, -0.15) is 0 Å². The van der Waals surface area contributed by atoms with Crippen molar-refractivity contribution < 1.29 is 13.9 Å². The summed E-state index contributed by atoms with van der Waals surface area (Å²) < 4.78 is 10.6. The first kappa shape index (κ1) is 11.7. The highest BCUT2D eigenvalue weighted by atomic mass is 16.5. The zero-order chi connectivity index (χ0) is 12.7. The third kappa shape index (κ3) is 1.82. The minimum atomic E-state index is -0.0200. The monoisotopic (exact) mass is 250 g/mol. The second kappa shape index (κ2) is 4.39. The lowest BCUT2D eigenvalue weighted by Crippen LogP contribution is -2.30. The topological polar surface area (TPSA) is 55.6 Å². The van der Waals surface area contributed by atoms with Gasteiger partial charge in [0.25, 0.3) is 5.91 Å². The van der Waals surface area contributed by atoms with Crippen LogP contribution in [-0.2, 0) is 4.74 Å². The van der Waals surface area contributed by atoms with E-state index in [0.29, 0.717) is 29.4 Å². The maximum absolute atomic E-state index is 12.3. The van der Waals surface area contributed by atoms with Crippen LogP contribution in [0, 0.1) is 18.8 Å². The molecule has 1 amide bonds. The van der Waals surface area contributed by atoms with Crippen molar-refractivity contribution in [2.45, 2.75) is 25.9 Å². The molecule has 3 atom stereocenters. The van der Waals surface area contributed by atoms with E-state index in [4.69, 9.17) is 9.15 Å². The van der Waals surface area contributed by atoms with Gasteiger partial charge in [-0.15, -0.1) is 0 Å². The highest BCUT2D eigenvalue weighted by Crippen LogP contribution is 2.39. The number of aryl methyl sites for hydroxylation is 1. The average Bonchev–Trinajstić information content (AvgIpc) is 3.00. The van der Waals surface area contributed by atoms with E-state index >= 15 is 0 Å². The average molecular weight is 250 g/mol. The van der Waals surface area contributed by atoms with E-state index in [1.54, 1.807) is 14.0 Å². The summed E-state index contributed by atoms with van der Waals surface area (Å²) in [5, 5.41) is 0. The molecule has 18 heavy (non-hydrogen) atoms. The number of nitrogens with zero attached hydrogens (tertiary/aromatic N) is 2. The number of methoxy groups -OCH3 is 1. The quantitative estimate of drug-likeness (QED) is 0.797. The van der Waals surface area contributed by atoms with E-state index in [1.165, 1.54) is 6.39 Å². The number of likely N-dealkylation sites (tertiary alicyclic amines) is 1. The second-order valence-corrected chi connectivity index (χ2v) is 5.33. The molecule has 1 saturated carbocycles. The van der Waals surface area contributed by atoms with E-state index < -0.39 is 0 Å². The first-order valence-corrected chi connectivity index (χ1v) is 6.41. The molecule has 2 aliphatic rings. The van der Waals surface area contributed by atoms with Crippen LogP contribution in [0.2, 0.25) is 0 Å². The molecule has 0 N–H and O–H groups in total. The van der Waals surface area contributed by atoms with E-state index in [0.717, 1.165) is 25.9 Å². The van der Waals surface area contributed by atoms with Crippen molar-refractivity contribution >= 4 is 5.91 Å². The zero-order valence-electron chi connectivity index (χ0n) is 10.8. The molecule has 1 saturated heterocycles. The predicted molar refractivity (Wildman–Crippen MR) is 64.2 cm³/mol. The van der Waals surface area contributed by atoms with Crippen LogP contribution in [0.1, 0.15) is 29.1 Å². The highest BCUT2D eigenvalue weighted by Gasteiger charge is 2.43. The third-order valence-electron chi connectivity index (χ3n) is 4.27. The number of carbonyl (C=O) groups is 1. The normalized spacial score (nSPS) is 30.8. The largest absolute Gasteiger partial charge is 0.438 e. The molecule has 5 heteroatoms. The molecule has 0 spiro atoms. The van der Waals surface area contributed by atoms with Crippen molar-refractivity contribution in [1.82, 2.24) is 9.88 Å². The fourth-order valence-corrected chi connectivity index (χ4v) is 3.25. The van der Waals surface area contributed by atoms with Crippen LogP contribution in [0.15, 0.2) is 10.8 Å². The number of ether oxygens (including phenoxy) is 1. The third-order valence-corrected chi connectivity index (χ3v) is 4.27. The molecule has 2 fully saturated rings. The van der Waals surface area contributed by atoms with Crippen LogP contribution in [-0.4, -0.2) is 42.1 Å². The number of rotatable bonds is 2. The Labute approximate surface area is 106 Å². The van der Waals surface area contributed by atoms with Gasteiger partial charge in [-0.1, -0.05) is 0 Å². The number of carbonyl (C=O) groups excluding carboxylic acids is 1. The van der Waals surface area contributed by atoms with E-state index in [2.05, 4.69) is 4.98 Å². The van der Waals surface area contributed by atoms with Gasteiger partial charge in [-0.25, -0.2) is 4.98 Å². The Hall–Kier alpha value is -1.36. The van der Waals surface area contributed by atoms with Crippen LogP contribution < -0.4 is 0 Å². The summed E-state index contributed by atoms with van der Waals surface area (Å²) in [5.41, 5.74) is 0.673. The number of hydrogen-bond acceptors (Lipinski definition) is 4. The molecule has 5 nitrogen and oxygen atoms in total. The standard InChI is InChI=1S/C13H18N2O3/c1-8-12(18-7-14-8)13(16)15-5-9-3-11(17-2)4-10(9)6-15/h7,9-11H,3-6H2,1-2H3/t9-,10+,11?. The van der Waals surface area contributed by atoms with Crippen LogP contribution in [0.4, 0.5) is 0 Å². The number of oxazole rings is 1. The predicted octanol–water partition coefficient (Wildman–Crippen LogP) is 1.48. The highest BCUT2D eigenvalue weighted by molar-refractivity contribution is 5.92. The Kier molecular flexibility index (Phi) is 2.86. The first-order chi connectivity index (χ1) is 8.69. The van der Waals surface area contributed by atoms with E-state index in [1.807, 2.05) is 4.90 Å². The van der Waals surface area contributed by atoms with Crippen molar-refractivity contribution in [3.05, 3.63) is 17.8 Å². The van der Waals surface area contributed by atoms with Crippen LogP contribution in [0.3, 0.4) is 0 Å². The lowest BCUT2D eigenvalue weighted by atomic mass is 10.0. The molecule has 1 aliphatic heterocycles. The van der Waals surface area contributed by atoms with Crippen molar-refractivity contribution in [3.8, 4) is 0 Å². The molecule has 1 aromatic heterocycles. The molecular formula is C13H18N2O3. The number of amides is 1. The van der Waals surface area contributed by atoms with Crippen LogP contribution in [0.25, 0.3) is 0 Å². The molecule has 0 bridgehead atoms. The Morgan fingerprint density at radius 1 is 1.44 bits per heavy atom. The van der Waals surface area contributed by atoms with Gasteiger partial charge in [0.1, 0.15) is 0 Å². The Morgan fingerprint density at radius 3 is 2.61 bits per heavy atom. The second-order valence-electron chi connectivity index (χ2n) is 5.33. The number of aromatic nitrogens is 1. The summed E-state index contributed by atoms with van der Waals surface area (Å²) in [4.78, 5) is 18.1. The SMILES string of the molecule is COC1C[C@@H]2CN(C(=O)c3ocnc3C)C[C@@H]2C1. The van der Waals surface area contributed by atoms with E-state index in [9.17, 15) is 4.79 Å². The maximum Gasteiger partial charge on any atom is 0.291 e. The molecule has 98 valence electrons. The first-order valence-electron chi connectivity index (χ1n) is 6.41. The van der Waals surface area contributed by atoms with Gasteiger partial charge in [-0.05, 0) is 31.6 Å². The summed E-state index contributed by atoms with van der Waals surface area (Å²) in [6.45, 7) is 3.45. The van der Waals surface area contributed by atoms with Crippen LogP contribution >= 0.6 is 0 Å². The summed E-state index contributed by atoms with van der Waals surface area (Å²) in [7, 11) is 1.77. The van der Waals surface area contributed by atoms with Gasteiger partial charge < -0.3 is 14.1 Å².